The molecule has 0 fully saturated rings. The van der Waals surface area contributed by atoms with Crippen LogP contribution < -0.4 is 0 Å². The lowest BCUT2D eigenvalue weighted by molar-refractivity contribution is 0.0690. The van der Waals surface area contributed by atoms with Gasteiger partial charge in [-0.25, -0.2) is 9.18 Å². The summed E-state index contributed by atoms with van der Waals surface area (Å²) in [5, 5.41) is 16.7. The number of aromatic carboxylic acids is 1. The summed E-state index contributed by atoms with van der Waals surface area (Å²) >= 11 is 0. The molecule has 0 saturated heterocycles. The first-order chi connectivity index (χ1) is 8.13. The maximum atomic E-state index is 13.6. The fourth-order valence-corrected chi connectivity index (χ4v) is 1.47. The molecule has 0 radical (unpaired) electrons. The smallest absolute Gasteiger partial charge is 0.358 e. The number of hydrogen-bond acceptors (Lipinski definition) is 3. The van der Waals surface area contributed by atoms with Crippen molar-refractivity contribution in [1.82, 2.24) is 15.0 Å². The van der Waals surface area contributed by atoms with Crippen LogP contribution in [0.4, 0.5) is 4.39 Å². The van der Waals surface area contributed by atoms with Crippen LogP contribution >= 0.6 is 0 Å². The van der Waals surface area contributed by atoms with Crippen molar-refractivity contribution in [2.45, 2.75) is 13.5 Å². The molecule has 2 rings (SSSR count). The molecule has 2 aromatic rings. The molecule has 6 heteroatoms. The summed E-state index contributed by atoms with van der Waals surface area (Å²) in [6, 6.07) is 5.89. The third-order valence-corrected chi connectivity index (χ3v) is 2.27. The Labute approximate surface area is 96.5 Å². The molecular formula is C11H10FN3O2. The molecule has 17 heavy (non-hydrogen) atoms. The summed E-state index contributed by atoms with van der Waals surface area (Å²) in [4.78, 5) is 12.2. The van der Waals surface area contributed by atoms with Gasteiger partial charge in [-0.2, -0.15) is 9.90 Å². The predicted octanol–water partition coefficient (Wildman–Crippen LogP) is 1.80. The average Bonchev–Trinajstić information content (AvgIpc) is 2.73. The Hall–Kier alpha value is -2.24. The second-order valence-electron chi connectivity index (χ2n) is 3.37. The van der Waals surface area contributed by atoms with Gasteiger partial charge < -0.3 is 5.11 Å². The molecule has 0 amide bonds. The molecule has 88 valence electrons. The third kappa shape index (κ3) is 2.01. The molecule has 0 unspecified atom stereocenters. The molecule has 0 aliphatic rings. The minimum Gasteiger partial charge on any atom is -0.476 e. The highest BCUT2D eigenvalue weighted by Crippen LogP contribution is 2.23. The Morgan fingerprint density at radius 3 is 2.71 bits per heavy atom. The van der Waals surface area contributed by atoms with Gasteiger partial charge >= 0.3 is 5.97 Å². The number of nitrogens with zero attached hydrogens (tertiary/aromatic N) is 3. The van der Waals surface area contributed by atoms with E-state index in [1.165, 1.54) is 23.0 Å². The van der Waals surface area contributed by atoms with Crippen LogP contribution in [0.1, 0.15) is 17.4 Å². The lowest BCUT2D eigenvalue weighted by Gasteiger charge is -1.98. The van der Waals surface area contributed by atoms with Crippen LogP contribution in [0.5, 0.6) is 0 Å². The largest absolute Gasteiger partial charge is 0.476 e. The quantitative estimate of drug-likeness (QED) is 0.880. The van der Waals surface area contributed by atoms with Gasteiger partial charge in [0.15, 0.2) is 5.69 Å². The van der Waals surface area contributed by atoms with Crippen molar-refractivity contribution in [3.05, 3.63) is 35.8 Å². The van der Waals surface area contributed by atoms with Crippen molar-refractivity contribution in [3.63, 3.8) is 0 Å². The first-order valence-electron chi connectivity index (χ1n) is 5.06. The number of halogens is 1. The molecule has 0 spiro atoms. The fraction of sp³-hybridized carbons (Fsp3) is 0.182. The zero-order valence-corrected chi connectivity index (χ0v) is 9.09. The van der Waals surface area contributed by atoms with Gasteiger partial charge in [0.05, 0.1) is 6.54 Å². The van der Waals surface area contributed by atoms with E-state index in [-0.39, 0.29) is 17.0 Å². The fourth-order valence-electron chi connectivity index (χ4n) is 1.47. The molecule has 0 atom stereocenters. The molecule has 0 aliphatic carbocycles. The first-order valence-corrected chi connectivity index (χ1v) is 5.06. The maximum absolute atomic E-state index is 13.6. The summed E-state index contributed by atoms with van der Waals surface area (Å²) in [6.07, 6.45) is 0. The van der Waals surface area contributed by atoms with Crippen LogP contribution in [0, 0.1) is 5.82 Å². The van der Waals surface area contributed by atoms with Gasteiger partial charge in [-0.15, -0.1) is 5.10 Å². The minimum atomic E-state index is -1.22. The van der Waals surface area contributed by atoms with Crippen LogP contribution in [0.15, 0.2) is 24.3 Å². The second kappa shape index (κ2) is 4.32. The van der Waals surface area contributed by atoms with E-state index >= 15 is 0 Å². The van der Waals surface area contributed by atoms with Crippen LogP contribution in [0.2, 0.25) is 0 Å². The van der Waals surface area contributed by atoms with E-state index in [1.54, 1.807) is 13.0 Å². The van der Waals surface area contributed by atoms with E-state index in [9.17, 15) is 9.18 Å². The van der Waals surface area contributed by atoms with Crippen LogP contribution in [-0.4, -0.2) is 26.1 Å². The van der Waals surface area contributed by atoms with Gasteiger partial charge in [0.2, 0.25) is 0 Å². The van der Waals surface area contributed by atoms with Crippen molar-refractivity contribution in [3.8, 4) is 11.3 Å². The molecule has 1 N–H and O–H groups in total. The summed E-state index contributed by atoms with van der Waals surface area (Å²) in [7, 11) is 0. The number of benzene rings is 1. The topological polar surface area (TPSA) is 68.0 Å². The third-order valence-electron chi connectivity index (χ3n) is 2.27. The van der Waals surface area contributed by atoms with Crippen molar-refractivity contribution in [2.24, 2.45) is 0 Å². The van der Waals surface area contributed by atoms with E-state index in [4.69, 9.17) is 5.11 Å². The number of aromatic nitrogens is 3. The van der Waals surface area contributed by atoms with Gasteiger partial charge in [-0.1, -0.05) is 12.1 Å². The van der Waals surface area contributed by atoms with E-state index in [2.05, 4.69) is 10.2 Å². The van der Waals surface area contributed by atoms with Crippen LogP contribution in [0.25, 0.3) is 11.3 Å². The number of carbonyl (C=O) groups is 1. The predicted molar refractivity (Wildman–Crippen MR) is 58.0 cm³/mol. The highest BCUT2D eigenvalue weighted by Gasteiger charge is 2.20. The van der Waals surface area contributed by atoms with Gasteiger partial charge in [0.25, 0.3) is 0 Å². The number of rotatable bonds is 3. The van der Waals surface area contributed by atoms with Crippen LogP contribution in [0.3, 0.4) is 0 Å². The van der Waals surface area contributed by atoms with E-state index in [1.807, 2.05) is 0 Å². The second-order valence-corrected chi connectivity index (χ2v) is 3.37. The monoisotopic (exact) mass is 235 g/mol. The first kappa shape index (κ1) is 11.3. The number of carboxylic acids is 1. The van der Waals surface area contributed by atoms with Crippen molar-refractivity contribution < 1.29 is 14.3 Å². The normalized spacial score (nSPS) is 10.5. The van der Waals surface area contributed by atoms with E-state index in [0.29, 0.717) is 6.54 Å². The van der Waals surface area contributed by atoms with Crippen molar-refractivity contribution in [1.29, 1.82) is 0 Å². The zero-order chi connectivity index (χ0) is 12.4. The molecule has 1 aromatic heterocycles. The Balaban J connectivity index is 2.62. The molecule has 0 saturated carbocycles. The van der Waals surface area contributed by atoms with Gasteiger partial charge in [-0.3, -0.25) is 0 Å². The highest BCUT2D eigenvalue weighted by atomic mass is 19.1. The van der Waals surface area contributed by atoms with E-state index < -0.39 is 11.8 Å². The molecule has 1 heterocycles. The summed E-state index contributed by atoms with van der Waals surface area (Å²) in [6.45, 7) is 2.20. The van der Waals surface area contributed by atoms with Gasteiger partial charge in [0.1, 0.15) is 11.5 Å². The Kier molecular flexibility index (Phi) is 2.86. The SMILES string of the molecule is CCn1nc(C(=O)O)c(-c2ccccc2F)n1. The van der Waals surface area contributed by atoms with Crippen molar-refractivity contribution in [2.75, 3.05) is 0 Å². The lowest BCUT2D eigenvalue weighted by Crippen LogP contribution is -2.02. The Morgan fingerprint density at radius 2 is 2.12 bits per heavy atom. The van der Waals surface area contributed by atoms with Crippen molar-refractivity contribution >= 4 is 5.97 Å². The standard InChI is InChI=1S/C11H10FN3O2/c1-2-15-13-9(10(14-15)11(16)17)7-5-3-4-6-8(7)12/h3-6H,2H2,1H3,(H,16,17). The molecule has 1 aromatic carbocycles. The highest BCUT2D eigenvalue weighted by molar-refractivity contribution is 5.92. The Bertz CT molecular complexity index is 566. The molecule has 5 nitrogen and oxygen atoms in total. The summed E-state index contributed by atoms with van der Waals surface area (Å²) < 4.78 is 13.6. The molecule has 0 aliphatic heterocycles. The zero-order valence-electron chi connectivity index (χ0n) is 9.09. The molecular weight excluding hydrogens is 225 g/mol. The van der Waals surface area contributed by atoms with Gasteiger partial charge in [-0.05, 0) is 19.1 Å². The lowest BCUT2D eigenvalue weighted by atomic mass is 10.1. The summed E-state index contributed by atoms with van der Waals surface area (Å²) in [5.74, 6) is -1.74. The number of hydrogen-bond donors (Lipinski definition) is 1. The summed E-state index contributed by atoms with van der Waals surface area (Å²) in [5.41, 5.74) is -0.0426. The van der Waals surface area contributed by atoms with Gasteiger partial charge in [0, 0.05) is 5.56 Å². The van der Waals surface area contributed by atoms with E-state index in [0.717, 1.165) is 0 Å². The number of aryl methyl sites for hydroxylation is 1. The maximum Gasteiger partial charge on any atom is 0.358 e. The number of carboxylic acid groups (broad SMARTS) is 1. The minimum absolute atomic E-state index is 0.0532. The Morgan fingerprint density at radius 1 is 1.41 bits per heavy atom. The van der Waals surface area contributed by atoms with Crippen LogP contribution in [-0.2, 0) is 6.54 Å². The molecule has 0 bridgehead atoms. The average molecular weight is 235 g/mol.